The minimum atomic E-state index is -3.82. The normalized spacial score (nSPS) is 20.6. The van der Waals surface area contributed by atoms with Crippen LogP contribution in [0.1, 0.15) is 37.3 Å². The van der Waals surface area contributed by atoms with Crippen LogP contribution in [0.5, 0.6) is 0 Å². The highest BCUT2D eigenvalue weighted by Crippen LogP contribution is 2.39. The number of nitrogens with zero attached hydrogens (tertiary/aromatic N) is 1. The highest BCUT2D eigenvalue weighted by atomic mass is 35.5. The van der Waals surface area contributed by atoms with E-state index in [1.165, 1.54) is 23.5 Å². The molecule has 5 rings (SSSR count). The standard InChI is InChI=1S/C34H40ClFN4O6S/c1-23-21-37-22-26(40(23)47(43,44)27-7-4-3-5-8-27)15-16-28-29(36)9-6-10-30(28)38-32(41)31(39-33(42)45-2)34(17-19-46-20-18-34)24-11-13-25(35)14-12-24/h3-14,23,26,31,37H,15-22H2,1-2H3,(H,38,41)(H,39,42)/t23-,26-,31+/m0/s1. The average Bonchev–Trinajstić information content (AvgIpc) is 3.07. The zero-order valence-electron chi connectivity index (χ0n) is 26.4. The van der Waals surface area contributed by atoms with E-state index in [1.807, 2.05) is 19.1 Å². The summed E-state index contributed by atoms with van der Waals surface area (Å²) in [5, 5.41) is 9.44. The molecule has 2 fully saturated rings. The second-order valence-electron chi connectivity index (χ2n) is 11.9. The van der Waals surface area contributed by atoms with Crippen LogP contribution in [-0.4, -0.2) is 76.3 Å². The molecule has 0 unspecified atom stereocenters. The molecule has 0 bridgehead atoms. The number of amides is 2. The molecule has 10 nitrogen and oxygen atoms in total. The van der Waals surface area contributed by atoms with Crippen molar-refractivity contribution in [2.45, 2.75) is 61.0 Å². The molecule has 47 heavy (non-hydrogen) atoms. The highest BCUT2D eigenvalue weighted by molar-refractivity contribution is 7.89. The summed E-state index contributed by atoms with van der Waals surface area (Å²) in [5.74, 6) is -1.09. The molecule has 2 aliphatic heterocycles. The Hall–Kier alpha value is -3.55. The maximum atomic E-state index is 15.5. The molecule has 2 aliphatic rings. The lowest BCUT2D eigenvalue weighted by molar-refractivity contribution is -0.121. The SMILES string of the molecule is COC(=O)N[C@H](C(=O)Nc1cccc(F)c1CC[C@H]1CNC[C@H](C)N1S(=O)(=O)c1ccccc1)C1(c2ccc(Cl)cc2)CCOCC1. The number of rotatable bonds is 10. The molecule has 252 valence electrons. The zero-order valence-corrected chi connectivity index (χ0v) is 28.0. The minimum Gasteiger partial charge on any atom is -0.453 e. The fraction of sp³-hybridized carbons (Fsp3) is 0.412. The summed E-state index contributed by atoms with van der Waals surface area (Å²) in [6, 6.07) is 17.9. The monoisotopic (exact) mass is 686 g/mol. The Balaban J connectivity index is 1.43. The van der Waals surface area contributed by atoms with Crippen LogP contribution in [0.15, 0.2) is 77.7 Å². The fourth-order valence-corrected chi connectivity index (χ4v) is 8.71. The number of nitrogens with one attached hydrogen (secondary N) is 3. The van der Waals surface area contributed by atoms with Crippen LogP contribution in [-0.2, 0) is 36.1 Å². The Kier molecular flexibility index (Phi) is 11.2. The molecule has 0 aliphatic carbocycles. The zero-order chi connectivity index (χ0) is 33.6. The first-order valence-corrected chi connectivity index (χ1v) is 17.4. The number of benzene rings is 3. The summed E-state index contributed by atoms with van der Waals surface area (Å²) in [6.07, 6.45) is 0.496. The van der Waals surface area contributed by atoms with Crippen molar-refractivity contribution in [1.82, 2.24) is 14.9 Å². The van der Waals surface area contributed by atoms with Crippen LogP contribution in [0.2, 0.25) is 5.02 Å². The number of hydrogen-bond donors (Lipinski definition) is 3. The predicted molar refractivity (Wildman–Crippen MR) is 177 cm³/mol. The second kappa shape index (κ2) is 15.1. The van der Waals surface area contributed by atoms with Gasteiger partial charge in [-0.15, -0.1) is 0 Å². The lowest BCUT2D eigenvalue weighted by Gasteiger charge is -2.43. The summed E-state index contributed by atoms with van der Waals surface area (Å²) in [5.41, 5.74) is 0.393. The van der Waals surface area contributed by atoms with E-state index in [-0.39, 0.29) is 28.6 Å². The molecule has 0 radical (unpaired) electrons. The topological polar surface area (TPSA) is 126 Å². The third-order valence-corrected chi connectivity index (χ3v) is 11.4. The number of hydrogen-bond acceptors (Lipinski definition) is 7. The van der Waals surface area contributed by atoms with Gasteiger partial charge in [-0.3, -0.25) is 4.79 Å². The molecule has 3 N–H and O–H groups in total. The molecular formula is C34H40ClFN4O6S. The Bertz CT molecular complexity index is 1650. The Morgan fingerprint density at radius 3 is 2.45 bits per heavy atom. The number of piperazine rings is 1. The lowest BCUT2D eigenvalue weighted by atomic mass is 9.68. The third-order valence-electron chi connectivity index (χ3n) is 9.10. The van der Waals surface area contributed by atoms with Crippen LogP contribution in [0.25, 0.3) is 0 Å². The van der Waals surface area contributed by atoms with Gasteiger partial charge in [0, 0.05) is 60.1 Å². The van der Waals surface area contributed by atoms with E-state index < -0.39 is 45.3 Å². The van der Waals surface area contributed by atoms with Gasteiger partial charge >= 0.3 is 6.09 Å². The van der Waals surface area contributed by atoms with Crippen molar-refractivity contribution in [3.63, 3.8) is 0 Å². The molecule has 2 saturated heterocycles. The van der Waals surface area contributed by atoms with E-state index in [4.69, 9.17) is 21.1 Å². The second-order valence-corrected chi connectivity index (χ2v) is 14.2. The summed E-state index contributed by atoms with van der Waals surface area (Å²) in [4.78, 5) is 27.0. The van der Waals surface area contributed by atoms with Gasteiger partial charge in [0.25, 0.3) is 0 Å². The Morgan fingerprint density at radius 2 is 1.77 bits per heavy atom. The van der Waals surface area contributed by atoms with Gasteiger partial charge in [0.15, 0.2) is 0 Å². The third kappa shape index (κ3) is 7.62. The molecule has 13 heteroatoms. The quantitative estimate of drug-likeness (QED) is 0.278. The number of alkyl carbamates (subject to hydrolysis) is 1. The molecule has 2 heterocycles. The summed E-state index contributed by atoms with van der Waals surface area (Å²) in [6.45, 7) is 3.44. The average molecular weight is 687 g/mol. The van der Waals surface area contributed by atoms with Gasteiger partial charge in [0.1, 0.15) is 11.9 Å². The van der Waals surface area contributed by atoms with Crippen molar-refractivity contribution in [3.8, 4) is 0 Å². The number of halogens is 2. The van der Waals surface area contributed by atoms with Crippen LogP contribution in [0.4, 0.5) is 14.9 Å². The number of methoxy groups -OCH3 is 1. The molecule has 0 aromatic heterocycles. The van der Waals surface area contributed by atoms with E-state index >= 15 is 4.39 Å². The molecule has 0 saturated carbocycles. The number of carbonyl (C=O) groups is 2. The molecular weight excluding hydrogens is 647 g/mol. The summed E-state index contributed by atoms with van der Waals surface area (Å²) in [7, 11) is -2.60. The molecule has 3 aromatic rings. The van der Waals surface area contributed by atoms with Crippen molar-refractivity contribution < 1.29 is 31.9 Å². The molecule has 3 aromatic carbocycles. The van der Waals surface area contributed by atoms with Gasteiger partial charge in [-0.1, -0.05) is 48.0 Å². The summed E-state index contributed by atoms with van der Waals surface area (Å²) >= 11 is 6.17. The van der Waals surface area contributed by atoms with Crippen LogP contribution in [0.3, 0.4) is 0 Å². The van der Waals surface area contributed by atoms with Crippen molar-refractivity contribution in [2.75, 3.05) is 38.7 Å². The first-order valence-electron chi connectivity index (χ1n) is 15.6. The van der Waals surface area contributed by atoms with Gasteiger partial charge < -0.3 is 25.4 Å². The molecule has 0 spiro atoms. The summed E-state index contributed by atoms with van der Waals surface area (Å²) < 4.78 is 55.0. The maximum absolute atomic E-state index is 15.5. The van der Waals surface area contributed by atoms with Gasteiger partial charge in [0.05, 0.1) is 12.0 Å². The molecule has 2 amide bonds. The van der Waals surface area contributed by atoms with E-state index in [9.17, 15) is 18.0 Å². The van der Waals surface area contributed by atoms with Crippen molar-refractivity contribution in [1.29, 1.82) is 0 Å². The largest absolute Gasteiger partial charge is 0.453 e. The number of anilines is 1. The van der Waals surface area contributed by atoms with Crippen LogP contribution >= 0.6 is 11.6 Å². The maximum Gasteiger partial charge on any atom is 0.407 e. The van der Waals surface area contributed by atoms with Crippen molar-refractivity contribution in [3.05, 3.63) is 94.8 Å². The van der Waals surface area contributed by atoms with Crippen molar-refractivity contribution in [2.24, 2.45) is 0 Å². The highest BCUT2D eigenvalue weighted by Gasteiger charge is 2.47. The van der Waals surface area contributed by atoms with E-state index in [0.717, 1.165) is 5.56 Å². The van der Waals surface area contributed by atoms with Gasteiger partial charge in [-0.05, 0) is 74.6 Å². The van der Waals surface area contributed by atoms with Gasteiger partial charge in [0.2, 0.25) is 15.9 Å². The number of ether oxygens (including phenoxy) is 2. The smallest absolute Gasteiger partial charge is 0.407 e. The van der Waals surface area contributed by atoms with E-state index in [1.54, 1.807) is 48.5 Å². The predicted octanol–water partition coefficient (Wildman–Crippen LogP) is 4.87. The lowest BCUT2D eigenvalue weighted by Crippen LogP contribution is -2.58. The van der Waals surface area contributed by atoms with E-state index in [2.05, 4.69) is 16.0 Å². The minimum absolute atomic E-state index is 0.146. The van der Waals surface area contributed by atoms with Crippen LogP contribution < -0.4 is 16.0 Å². The Labute approximate surface area is 280 Å². The molecule has 3 atom stereocenters. The van der Waals surface area contributed by atoms with Crippen LogP contribution in [0, 0.1) is 5.82 Å². The van der Waals surface area contributed by atoms with Gasteiger partial charge in [-0.25, -0.2) is 17.6 Å². The first kappa shape index (κ1) is 34.8. The number of sulfonamides is 1. The number of carbonyl (C=O) groups excluding carboxylic acids is 2. The van der Waals surface area contributed by atoms with Crippen molar-refractivity contribution >= 4 is 39.3 Å². The first-order chi connectivity index (χ1) is 22.6. The Morgan fingerprint density at radius 1 is 1.06 bits per heavy atom. The van der Waals surface area contributed by atoms with Gasteiger partial charge in [-0.2, -0.15) is 4.31 Å². The fourth-order valence-electron chi connectivity index (χ4n) is 6.71. The van der Waals surface area contributed by atoms with E-state index in [0.29, 0.717) is 50.6 Å².